The van der Waals surface area contributed by atoms with Crippen molar-refractivity contribution in [2.24, 2.45) is 5.92 Å². The predicted octanol–water partition coefficient (Wildman–Crippen LogP) is 1.98. The quantitative estimate of drug-likeness (QED) is 0.672. The fourth-order valence-corrected chi connectivity index (χ4v) is 2.37. The predicted molar refractivity (Wildman–Crippen MR) is 63.5 cm³/mol. The number of nitrogens with zero attached hydrogens (tertiary/aromatic N) is 2. The molecule has 0 amide bonds. The molecular formula is C13H14N2O. The summed E-state index contributed by atoms with van der Waals surface area (Å²) < 4.78 is 1.84. The lowest BCUT2D eigenvalue weighted by molar-refractivity contribution is 0.381. The molecule has 1 unspecified atom stereocenters. The number of benzene rings is 1. The first-order chi connectivity index (χ1) is 7.75. The van der Waals surface area contributed by atoms with E-state index in [0.29, 0.717) is 5.92 Å². The molecule has 0 spiro atoms. The maximum atomic E-state index is 12.2. The van der Waals surface area contributed by atoms with Crippen LogP contribution in [0.1, 0.15) is 19.2 Å². The topological polar surface area (TPSA) is 34.9 Å². The molecule has 0 aliphatic carbocycles. The Kier molecular flexibility index (Phi) is 2.06. The second kappa shape index (κ2) is 3.44. The van der Waals surface area contributed by atoms with E-state index in [2.05, 4.69) is 11.9 Å². The molecule has 0 N–H and O–H groups in total. The molecule has 0 saturated heterocycles. The molecule has 3 heteroatoms. The van der Waals surface area contributed by atoms with E-state index in [1.165, 1.54) is 0 Å². The van der Waals surface area contributed by atoms with Crippen LogP contribution >= 0.6 is 0 Å². The van der Waals surface area contributed by atoms with Gasteiger partial charge in [0.2, 0.25) is 0 Å². The van der Waals surface area contributed by atoms with Crippen molar-refractivity contribution in [3.05, 3.63) is 40.4 Å². The van der Waals surface area contributed by atoms with Crippen LogP contribution in [0.5, 0.6) is 0 Å². The van der Waals surface area contributed by atoms with Crippen molar-refractivity contribution in [1.82, 2.24) is 9.55 Å². The number of fused-ring (bicyclic) bond motifs is 2. The standard InChI is InChI=1S/C13H14N2O/c1-9-6-7-12-14-11-5-3-2-4-10(11)13(16)15(12)8-9/h2-5,9H,6-8H2,1H3. The summed E-state index contributed by atoms with van der Waals surface area (Å²) in [6.07, 6.45) is 2.05. The minimum Gasteiger partial charge on any atom is -0.296 e. The number of rotatable bonds is 0. The van der Waals surface area contributed by atoms with Crippen LogP contribution in [0, 0.1) is 5.92 Å². The number of hydrogen-bond donors (Lipinski definition) is 0. The van der Waals surface area contributed by atoms with Crippen LogP contribution < -0.4 is 5.56 Å². The first kappa shape index (κ1) is 9.58. The number of aromatic nitrogens is 2. The molecule has 0 radical (unpaired) electrons. The minimum absolute atomic E-state index is 0.118. The van der Waals surface area contributed by atoms with Gasteiger partial charge in [0, 0.05) is 13.0 Å². The lowest BCUT2D eigenvalue weighted by atomic mass is 10.0. The highest BCUT2D eigenvalue weighted by atomic mass is 16.1. The van der Waals surface area contributed by atoms with Crippen molar-refractivity contribution >= 4 is 10.9 Å². The van der Waals surface area contributed by atoms with Gasteiger partial charge in [-0.05, 0) is 24.5 Å². The first-order valence-electron chi connectivity index (χ1n) is 5.74. The maximum Gasteiger partial charge on any atom is 0.261 e. The summed E-state index contributed by atoms with van der Waals surface area (Å²) in [6.45, 7) is 3.00. The normalized spacial score (nSPS) is 19.7. The first-order valence-corrected chi connectivity index (χ1v) is 5.74. The molecule has 0 saturated carbocycles. The number of hydrogen-bond acceptors (Lipinski definition) is 2. The van der Waals surface area contributed by atoms with E-state index < -0.39 is 0 Å². The summed E-state index contributed by atoms with van der Waals surface area (Å²) in [5.74, 6) is 1.52. The molecule has 1 aliphatic rings. The van der Waals surface area contributed by atoms with Crippen LogP contribution in [0.3, 0.4) is 0 Å². The maximum absolute atomic E-state index is 12.2. The highest BCUT2D eigenvalue weighted by Gasteiger charge is 2.18. The Labute approximate surface area is 93.7 Å². The van der Waals surface area contributed by atoms with Crippen LogP contribution in [0.25, 0.3) is 10.9 Å². The van der Waals surface area contributed by atoms with E-state index in [4.69, 9.17) is 0 Å². The summed E-state index contributed by atoms with van der Waals surface area (Å²) in [7, 11) is 0. The molecule has 3 rings (SSSR count). The van der Waals surface area contributed by atoms with Crippen LogP contribution in [0.15, 0.2) is 29.1 Å². The number of para-hydroxylation sites is 1. The Bertz CT molecular complexity index is 600. The third-order valence-electron chi connectivity index (χ3n) is 3.30. The van der Waals surface area contributed by atoms with Gasteiger partial charge in [0.1, 0.15) is 5.82 Å². The van der Waals surface area contributed by atoms with Gasteiger partial charge in [-0.15, -0.1) is 0 Å². The van der Waals surface area contributed by atoms with E-state index >= 15 is 0 Å². The SMILES string of the molecule is CC1CCc2nc3ccccc3c(=O)n2C1. The smallest absolute Gasteiger partial charge is 0.261 e. The van der Waals surface area contributed by atoms with Crippen LogP contribution in [0.4, 0.5) is 0 Å². The van der Waals surface area contributed by atoms with Crippen molar-refractivity contribution in [2.75, 3.05) is 0 Å². The molecule has 3 nitrogen and oxygen atoms in total. The van der Waals surface area contributed by atoms with Gasteiger partial charge in [0.25, 0.3) is 5.56 Å². The third kappa shape index (κ3) is 1.35. The van der Waals surface area contributed by atoms with Crippen molar-refractivity contribution in [1.29, 1.82) is 0 Å². The Morgan fingerprint density at radius 1 is 1.38 bits per heavy atom. The summed E-state index contributed by atoms with van der Waals surface area (Å²) in [5.41, 5.74) is 0.945. The molecular weight excluding hydrogens is 200 g/mol. The van der Waals surface area contributed by atoms with Gasteiger partial charge >= 0.3 is 0 Å². The molecule has 2 aromatic rings. The minimum atomic E-state index is 0.118. The molecule has 1 aromatic carbocycles. The van der Waals surface area contributed by atoms with Gasteiger partial charge in [-0.3, -0.25) is 9.36 Å². The van der Waals surface area contributed by atoms with E-state index in [0.717, 1.165) is 36.1 Å². The highest BCUT2D eigenvalue weighted by molar-refractivity contribution is 5.77. The lowest BCUT2D eigenvalue weighted by Crippen LogP contribution is -2.31. The average Bonchev–Trinajstić information content (AvgIpc) is 2.31. The lowest BCUT2D eigenvalue weighted by Gasteiger charge is -2.22. The highest BCUT2D eigenvalue weighted by Crippen LogP contribution is 2.18. The van der Waals surface area contributed by atoms with E-state index in [-0.39, 0.29) is 5.56 Å². The molecule has 0 bridgehead atoms. The van der Waals surface area contributed by atoms with Gasteiger partial charge < -0.3 is 0 Å². The Balaban J connectivity index is 2.34. The third-order valence-corrected chi connectivity index (χ3v) is 3.30. The van der Waals surface area contributed by atoms with Crippen molar-refractivity contribution in [3.63, 3.8) is 0 Å². The second-order valence-electron chi connectivity index (χ2n) is 4.60. The van der Waals surface area contributed by atoms with Gasteiger partial charge in [0.05, 0.1) is 10.9 Å². The average molecular weight is 214 g/mol. The summed E-state index contributed by atoms with van der Waals surface area (Å²) in [5, 5.41) is 0.736. The van der Waals surface area contributed by atoms with Gasteiger partial charge in [-0.1, -0.05) is 19.1 Å². The van der Waals surface area contributed by atoms with Crippen LogP contribution in [0.2, 0.25) is 0 Å². The Morgan fingerprint density at radius 3 is 3.06 bits per heavy atom. The second-order valence-corrected chi connectivity index (χ2v) is 4.60. The zero-order valence-electron chi connectivity index (χ0n) is 9.31. The van der Waals surface area contributed by atoms with E-state index in [1.807, 2.05) is 28.8 Å². The largest absolute Gasteiger partial charge is 0.296 e. The molecule has 1 atom stereocenters. The molecule has 82 valence electrons. The van der Waals surface area contributed by atoms with Gasteiger partial charge in [0.15, 0.2) is 0 Å². The van der Waals surface area contributed by atoms with Gasteiger partial charge in [-0.2, -0.15) is 0 Å². The van der Waals surface area contributed by atoms with Crippen molar-refractivity contribution in [3.8, 4) is 0 Å². The molecule has 2 heterocycles. The van der Waals surface area contributed by atoms with Crippen LogP contribution in [-0.2, 0) is 13.0 Å². The Morgan fingerprint density at radius 2 is 2.19 bits per heavy atom. The van der Waals surface area contributed by atoms with E-state index in [1.54, 1.807) is 0 Å². The molecule has 1 aliphatic heterocycles. The zero-order chi connectivity index (χ0) is 11.1. The molecule has 1 aromatic heterocycles. The van der Waals surface area contributed by atoms with E-state index in [9.17, 15) is 4.79 Å². The monoisotopic (exact) mass is 214 g/mol. The van der Waals surface area contributed by atoms with Gasteiger partial charge in [-0.25, -0.2) is 4.98 Å². The number of aryl methyl sites for hydroxylation is 1. The summed E-state index contributed by atoms with van der Waals surface area (Å²) >= 11 is 0. The zero-order valence-corrected chi connectivity index (χ0v) is 9.31. The van der Waals surface area contributed by atoms with Crippen molar-refractivity contribution < 1.29 is 0 Å². The molecule has 0 fully saturated rings. The fraction of sp³-hybridized carbons (Fsp3) is 0.385. The summed E-state index contributed by atoms with van der Waals surface area (Å²) in [4.78, 5) is 16.8. The van der Waals surface area contributed by atoms with Crippen molar-refractivity contribution in [2.45, 2.75) is 26.3 Å². The summed E-state index contributed by atoms with van der Waals surface area (Å²) in [6, 6.07) is 7.59. The molecule has 16 heavy (non-hydrogen) atoms. The fourth-order valence-electron chi connectivity index (χ4n) is 2.37. The Hall–Kier alpha value is -1.64. The van der Waals surface area contributed by atoms with Crippen LogP contribution in [-0.4, -0.2) is 9.55 Å².